The number of amides is 3. The highest BCUT2D eigenvalue weighted by Crippen LogP contribution is 2.41. The maximum atomic E-state index is 12.8. The van der Waals surface area contributed by atoms with E-state index in [1.54, 1.807) is 7.05 Å². The molecule has 2 heterocycles. The minimum atomic E-state index is -0.730. The van der Waals surface area contributed by atoms with Crippen LogP contribution in [0.25, 0.3) is 0 Å². The third-order valence-electron chi connectivity index (χ3n) is 4.24. The third-order valence-corrected chi connectivity index (χ3v) is 4.24. The van der Waals surface area contributed by atoms with Gasteiger partial charge < -0.3 is 26.0 Å². The van der Waals surface area contributed by atoms with Crippen LogP contribution in [0.15, 0.2) is 0 Å². The summed E-state index contributed by atoms with van der Waals surface area (Å²) in [5.41, 5.74) is 5.05. The van der Waals surface area contributed by atoms with Crippen LogP contribution in [0.1, 0.15) is 26.7 Å². The van der Waals surface area contributed by atoms with Gasteiger partial charge in [-0.1, -0.05) is 13.8 Å². The predicted octanol–water partition coefficient (Wildman–Crippen LogP) is -1.45. The van der Waals surface area contributed by atoms with Crippen LogP contribution >= 0.6 is 0 Å². The minimum absolute atomic E-state index is 0.124. The average Bonchev–Trinajstić information content (AvgIpc) is 2.60. The highest BCUT2D eigenvalue weighted by Gasteiger charge is 2.54. The Kier molecular flexibility index (Phi) is 4.72. The molecule has 0 aromatic heterocycles. The summed E-state index contributed by atoms with van der Waals surface area (Å²) in [6, 6.07) is -1.42. The van der Waals surface area contributed by atoms with E-state index in [1.165, 1.54) is 4.90 Å². The molecule has 2 aliphatic heterocycles. The first-order valence-electron chi connectivity index (χ1n) is 7.45. The van der Waals surface area contributed by atoms with Crippen molar-refractivity contribution in [1.82, 2.24) is 15.5 Å². The molecule has 22 heavy (non-hydrogen) atoms. The molecule has 0 saturated carbocycles. The fourth-order valence-electron chi connectivity index (χ4n) is 3.30. The highest BCUT2D eigenvalue weighted by molar-refractivity contribution is 5.93. The highest BCUT2D eigenvalue weighted by atomic mass is 16.5. The molecule has 3 amide bonds. The summed E-state index contributed by atoms with van der Waals surface area (Å²) in [6.45, 7) is 4.25. The van der Waals surface area contributed by atoms with Gasteiger partial charge in [0.25, 0.3) is 0 Å². The number of nitrogens with two attached hydrogens (primary N) is 1. The summed E-state index contributed by atoms with van der Waals surface area (Å²) < 4.78 is 5.72. The lowest BCUT2D eigenvalue weighted by atomic mass is 9.84. The second-order valence-corrected chi connectivity index (χ2v) is 6.51. The monoisotopic (exact) mass is 312 g/mol. The summed E-state index contributed by atoms with van der Waals surface area (Å²) >= 11 is 0. The number of hydrogen-bond donors (Lipinski definition) is 3. The molecule has 2 rings (SSSR count). The van der Waals surface area contributed by atoms with E-state index in [4.69, 9.17) is 10.5 Å². The lowest BCUT2D eigenvalue weighted by Gasteiger charge is -2.32. The molecule has 2 fully saturated rings. The maximum absolute atomic E-state index is 12.8. The van der Waals surface area contributed by atoms with E-state index in [-0.39, 0.29) is 18.4 Å². The lowest BCUT2D eigenvalue weighted by molar-refractivity contribution is -0.148. The Hall–Kier alpha value is -1.67. The number of nitrogens with zero attached hydrogens (tertiary/aromatic N) is 1. The van der Waals surface area contributed by atoms with E-state index in [0.29, 0.717) is 19.4 Å². The Labute approximate surface area is 129 Å². The Balaban J connectivity index is 2.22. The van der Waals surface area contributed by atoms with Gasteiger partial charge in [0.2, 0.25) is 17.7 Å². The van der Waals surface area contributed by atoms with E-state index in [1.807, 2.05) is 13.8 Å². The molecule has 0 aromatic carbocycles. The summed E-state index contributed by atoms with van der Waals surface area (Å²) in [5, 5.41) is 5.42. The van der Waals surface area contributed by atoms with Crippen molar-refractivity contribution in [3.8, 4) is 0 Å². The molecule has 2 aliphatic rings. The molecule has 124 valence electrons. The van der Waals surface area contributed by atoms with Crippen LogP contribution in [0.2, 0.25) is 0 Å². The molecule has 8 heteroatoms. The summed E-state index contributed by atoms with van der Waals surface area (Å²) in [7, 11) is 1.65. The first-order chi connectivity index (χ1) is 10.3. The van der Waals surface area contributed by atoms with Gasteiger partial charge >= 0.3 is 0 Å². The van der Waals surface area contributed by atoms with Gasteiger partial charge in [0.15, 0.2) is 0 Å². The van der Waals surface area contributed by atoms with Crippen molar-refractivity contribution in [1.29, 1.82) is 0 Å². The smallest absolute Gasteiger partial charge is 0.247 e. The van der Waals surface area contributed by atoms with Gasteiger partial charge in [-0.25, -0.2) is 0 Å². The third kappa shape index (κ3) is 3.07. The van der Waals surface area contributed by atoms with Gasteiger partial charge in [0, 0.05) is 6.42 Å². The number of fused-ring (bicyclic) bond motifs is 1. The quantitative estimate of drug-likeness (QED) is 0.588. The van der Waals surface area contributed by atoms with Crippen molar-refractivity contribution in [2.75, 3.05) is 20.2 Å². The maximum Gasteiger partial charge on any atom is 0.247 e. The van der Waals surface area contributed by atoms with Gasteiger partial charge in [-0.2, -0.15) is 0 Å². The number of likely N-dealkylation sites (N-methyl/N-ethyl adjacent to an activating group) is 1. The van der Waals surface area contributed by atoms with Crippen molar-refractivity contribution in [3.63, 3.8) is 0 Å². The minimum Gasteiger partial charge on any atom is -0.368 e. The van der Waals surface area contributed by atoms with Crippen LogP contribution < -0.4 is 16.4 Å². The van der Waals surface area contributed by atoms with Crippen molar-refractivity contribution < 1.29 is 19.1 Å². The fourth-order valence-corrected chi connectivity index (χ4v) is 3.30. The Morgan fingerprint density at radius 3 is 2.73 bits per heavy atom. The van der Waals surface area contributed by atoms with Gasteiger partial charge in [-0.15, -0.1) is 0 Å². The molecule has 8 nitrogen and oxygen atoms in total. The van der Waals surface area contributed by atoms with Gasteiger partial charge in [0.05, 0.1) is 13.2 Å². The first-order valence-corrected chi connectivity index (χ1v) is 7.45. The van der Waals surface area contributed by atoms with Crippen LogP contribution in [-0.2, 0) is 19.1 Å². The molecular formula is C14H24N4O4. The zero-order valence-corrected chi connectivity index (χ0v) is 13.2. The standard InChI is InChI=1S/C14H24N4O4/c1-14(2)6-10-18(11(14)12(15)20)13(21)8(4-5-22-10)17-9(19)7-16-3/h8,10-11,16H,4-7H2,1-3H3,(H2,15,20)(H,17,19). The number of nitrogens with one attached hydrogen (secondary N) is 2. The fraction of sp³-hybridized carbons (Fsp3) is 0.786. The number of primary amides is 1. The van der Waals surface area contributed by atoms with Crippen molar-refractivity contribution in [3.05, 3.63) is 0 Å². The molecule has 2 saturated heterocycles. The van der Waals surface area contributed by atoms with E-state index < -0.39 is 29.6 Å². The molecule has 0 aliphatic carbocycles. The van der Waals surface area contributed by atoms with Gasteiger partial charge in [0.1, 0.15) is 18.3 Å². The van der Waals surface area contributed by atoms with Crippen molar-refractivity contribution in [2.24, 2.45) is 11.1 Å². The SMILES string of the molecule is CNCC(=O)NC1CCOC2CC(C)(C)C(C(N)=O)N2C1=O. The van der Waals surface area contributed by atoms with Crippen molar-refractivity contribution >= 4 is 17.7 Å². The van der Waals surface area contributed by atoms with Crippen LogP contribution in [0.3, 0.4) is 0 Å². The van der Waals surface area contributed by atoms with Crippen LogP contribution in [0.4, 0.5) is 0 Å². The number of ether oxygens (including phenoxy) is 1. The molecule has 0 aromatic rings. The predicted molar refractivity (Wildman–Crippen MR) is 78.4 cm³/mol. The normalized spacial score (nSPS) is 30.6. The first kappa shape index (κ1) is 16.7. The Morgan fingerprint density at radius 2 is 2.14 bits per heavy atom. The molecule has 3 atom stereocenters. The number of hydrogen-bond acceptors (Lipinski definition) is 5. The molecule has 0 radical (unpaired) electrons. The Morgan fingerprint density at radius 1 is 1.45 bits per heavy atom. The zero-order chi connectivity index (χ0) is 16.5. The summed E-state index contributed by atoms with van der Waals surface area (Å²) in [6.07, 6.45) is 0.461. The average molecular weight is 312 g/mol. The molecule has 4 N–H and O–H groups in total. The lowest BCUT2D eigenvalue weighted by Crippen LogP contribution is -2.56. The van der Waals surface area contributed by atoms with Crippen LogP contribution in [0.5, 0.6) is 0 Å². The van der Waals surface area contributed by atoms with E-state index in [2.05, 4.69) is 10.6 Å². The topological polar surface area (TPSA) is 114 Å². The van der Waals surface area contributed by atoms with Crippen LogP contribution in [-0.4, -0.2) is 61.1 Å². The van der Waals surface area contributed by atoms with E-state index in [9.17, 15) is 14.4 Å². The summed E-state index contributed by atoms with van der Waals surface area (Å²) in [4.78, 5) is 37.8. The van der Waals surface area contributed by atoms with Gasteiger partial charge in [-0.05, 0) is 18.9 Å². The molecular weight excluding hydrogens is 288 g/mol. The summed E-state index contributed by atoms with van der Waals surface area (Å²) in [5.74, 6) is -1.12. The largest absolute Gasteiger partial charge is 0.368 e. The molecule has 0 bridgehead atoms. The van der Waals surface area contributed by atoms with Gasteiger partial charge in [-0.3, -0.25) is 14.4 Å². The van der Waals surface area contributed by atoms with Crippen molar-refractivity contribution in [2.45, 2.75) is 45.0 Å². The Bertz CT molecular complexity index is 479. The van der Waals surface area contributed by atoms with Crippen LogP contribution in [0, 0.1) is 5.41 Å². The number of rotatable bonds is 4. The molecule has 0 spiro atoms. The number of carbonyl (C=O) groups excluding carboxylic acids is 3. The second-order valence-electron chi connectivity index (χ2n) is 6.51. The van der Waals surface area contributed by atoms with E-state index in [0.717, 1.165) is 0 Å². The van der Waals surface area contributed by atoms with E-state index >= 15 is 0 Å². The number of carbonyl (C=O) groups is 3. The zero-order valence-electron chi connectivity index (χ0n) is 13.2. The second kappa shape index (κ2) is 6.21. The molecule has 3 unspecified atom stereocenters.